The average molecular weight is 294 g/mol. The number of hydrogen-bond donors (Lipinski definition) is 1. The fourth-order valence-electron chi connectivity index (χ4n) is 2.60. The lowest BCUT2D eigenvalue weighted by Gasteiger charge is -2.21. The van der Waals surface area contributed by atoms with Gasteiger partial charge in [-0.25, -0.2) is 0 Å². The zero-order valence-corrected chi connectivity index (χ0v) is 13.6. The van der Waals surface area contributed by atoms with Gasteiger partial charge in [0.1, 0.15) is 5.82 Å². The Hall–Kier alpha value is -0.550. The second kappa shape index (κ2) is 6.06. The van der Waals surface area contributed by atoms with E-state index in [1.165, 1.54) is 31.5 Å². The molecule has 2 fully saturated rings. The molecule has 5 heteroatoms. The highest BCUT2D eigenvalue weighted by atomic mass is 32.2. The summed E-state index contributed by atoms with van der Waals surface area (Å²) < 4.78 is 2.45. The number of nitrogens with one attached hydrogen (secondary N) is 1. The lowest BCUT2D eigenvalue weighted by molar-refractivity contribution is 0.443. The van der Waals surface area contributed by atoms with Crippen molar-refractivity contribution in [2.75, 3.05) is 12.3 Å². The van der Waals surface area contributed by atoms with E-state index in [-0.39, 0.29) is 0 Å². The number of nitrogens with zero attached hydrogens (tertiary/aromatic N) is 3. The number of thioether (sulfide) groups is 1. The second-order valence-electron chi connectivity index (χ2n) is 6.44. The minimum atomic E-state index is 0.554. The van der Waals surface area contributed by atoms with Gasteiger partial charge in [-0.1, -0.05) is 32.5 Å². The zero-order chi connectivity index (χ0) is 14.1. The van der Waals surface area contributed by atoms with Crippen LogP contribution in [0, 0.1) is 5.92 Å². The SMILES string of the molecule is CCNC(CSc1nnc(C2CC2)n1C1CC1)C(C)C. The topological polar surface area (TPSA) is 42.7 Å². The predicted octanol–water partition coefficient (Wildman–Crippen LogP) is 3.22. The largest absolute Gasteiger partial charge is 0.313 e. The summed E-state index contributed by atoms with van der Waals surface area (Å²) in [5.74, 6) is 3.70. The van der Waals surface area contributed by atoms with E-state index < -0.39 is 0 Å². The molecule has 0 aromatic carbocycles. The van der Waals surface area contributed by atoms with Crippen LogP contribution in [0.4, 0.5) is 0 Å². The Morgan fingerprint density at radius 2 is 2.00 bits per heavy atom. The molecular weight excluding hydrogens is 268 g/mol. The van der Waals surface area contributed by atoms with Crippen LogP contribution in [0.25, 0.3) is 0 Å². The van der Waals surface area contributed by atoms with Crippen molar-refractivity contribution in [2.24, 2.45) is 5.92 Å². The molecule has 2 aliphatic carbocycles. The van der Waals surface area contributed by atoms with Crippen LogP contribution in [-0.2, 0) is 0 Å². The monoisotopic (exact) mass is 294 g/mol. The highest BCUT2D eigenvalue weighted by Crippen LogP contribution is 2.46. The minimum Gasteiger partial charge on any atom is -0.313 e. The van der Waals surface area contributed by atoms with Crippen LogP contribution in [0.15, 0.2) is 5.16 Å². The van der Waals surface area contributed by atoms with Crippen LogP contribution in [0.5, 0.6) is 0 Å². The smallest absolute Gasteiger partial charge is 0.191 e. The summed E-state index contributed by atoms with van der Waals surface area (Å²) >= 11 is 1.88. The Kier molecular flexibility index (Phi) is 4.36. The van der Waals surface area contributed by atoms with Gasteiger partial charge >= 0.3 is 0 Å². The number of hydrogen-bond acceptors (Lipinski definition) is 4. The van der Waals surface area contributed by atoms with E-state index in [9.17, 15) is 0 Å². The van der Waals surface area contributed by atoms with Gasteiger partial charge in [-0.2, -0.15) is 0 Å². The molecule has 1 N–H and O–H groups in total. The highest BCUT2D eigenvalue weighted by molar-refractivity contribution is 7.99. The lowest BCUT2D eigenvalue weighted by atomic mass is 10.1. The minimum absolute atomic E-state index is 0.554. The van der Waals surface area contributed by atoms with Gasteiger partial charge in [-0.15, -0.1) is 10.2 Å². The molecular formula is C15H26N4S. The van der Waals surface area contributed by atoms with Gasteiger partial charge in [-0.3, -0.25) is 0 Å². The van der Waals surface area contributed by atoms with Gasteiger partial charge in [0.15, 0.2) is 5.16 Å². The highest BCUT2D eigenvalue weighted by Gasteiger charge is 2.36. The van der Waals surface area contributed by atoms with Gasteiger partial charge in [0.05, 0.1) is 0 Å². The van der Waals surface area contributed by atoms with Crippen LogP contribution in [-0.4, -0.2) is 33.1 Å². The molecule has 2 saturated carbocycles. The van der Waals surface area contributed by atoms with Crippen LogP contribution in [0.3, 0.4) is 0 Å². The fourth-order valence-corrected chi connectivity index (χ4v) is 3.91. The maximum absolute atomic E-state index is 4.48. The second-order valence-corrected chi connectivity index (χ2v) is 7.42. The first-order chi connectivity index (χ1) is 9.70. The van der Waals surface area contributed by atoms with E-state index in [2.05, 4.69) is 40.9 Å². The summed E-state index contributed by atoms with van der Waals surface area (Å²) in [5, 5.41) is 13.7. The van der Waals surface area contributed by atoms with Crippen molar-refractivity contribution in [3.63, 3.8) is 0 Å². The molecule has 0 spiro atoms. The molecule has 1 aromatic rings. The molecule has 1 unspecified atom stereocenters. The van der Waals surface area contributed by atoms with E-state index >= 15 is 0 Å². The molecule has 0 aliphatic heterocycles. The van der Waals surface area contributed by atoms with Crippen molar-refractivity contribution in [1.29, 1.82) is 0 Å². The first-order valence-corrected chi connectivity index (χ1v) is 9.00. The summed E-state index contributed by atoms with van der Waals surface area (Å²) in [7, 11) is 0. The molecule has 20 heavy (non-hydrogen) atoms. The van der Waals surface area contributed by atoms with Crippen molar-refractivity contribution in [3.8, 4) is 0 Å². The molecule has 1 atom stereocenters. The average Bonchev–Trinajstić information content (AvgIpc) is 3.33. The molecule has 0 radical (unpaired) electrons. The van der Waals surface area contributed by atoms with E-state index in [0.717, 1.165) is 17.5 Å². The molecule has 0 saturated heterocycles. The van der Waals surface area contributed by atoms with Crippen molar-refractivity contribution >= 4 is 11.8 Å². The van der Waals surface area contributed by atoms with E-state index in [0.29, 0.717) is 23.9 Å². The first-order valence-electron chi connectivity index (χ1n) is 8.01. The molecule has 2 aliphatic rings. The van der Waals surface area contributed by atoms with E-state index in [4.69, 9.17) is 0 Å². The van der Waals surface area contributed by atoms with Crippen LogP contribution in [0.2, 0.25) is 0 Å². The summed E-state index contributed by atoms with van der Waals surface area (Å²) in [6.45, 7) is 7.79. The van der Waals surface area contributed by atoms with Gasteiger partial charge < -0.3 is 9.88 Å². The molecule has 0 bridgehead atoms. The quantitative estimate of drug-likeness (QED) is 0.748. The first kappa shape index (κ1) is 14.4. The number of aromatic nitrogens is 3. The number of rotatable bonds is 8. The zero-order valence-electron chi connectivity index (χ0n) is 12.8. The van der Waals surface area contributed by atoms with Crippen LogP contribution in [0.1, 0.15) is 64.2 Å². The Morgan fingerprint density at radius 1 is 1.25 bits per heavy atom. The Balaban J connectivity index is 1.67. The third-order valence-electron chi connectivity index (χ3n) is 4.21. The standard InChI is InChI=1S/C15H26N4S/c1-4-16-13(10(2)3)9-20-15-18-17-14(11-5-6-11)19(15)12-7-8-12/h10-13,16H,4-9H2,1-3H3. The summed E-state index contributed by atoms with van der Waals surface area (Å²) in [5.41, 5.74) is 0. The third kappa shape index (κ3) is 3.19. The molecule has 4 nitrogen and oxygen atoms in total. The van der Waals surface area contributed by atoms with E-state index in [1.54, 1.807) is 0 Å². The summed E-state index contributed by atoms with van der Waals surface area (Å²) in [4.78, 5) is 0. The maximum Gasteiger partial charge on any atom is 0.191 e. The van der Waals surface area contributed by atoms with Crippen molar-refractivity contribution < 1.29 is 0 Å². The Labute approximate surface area is 126 Å². The Morgan fingerprint density at radius 3 is 2.55 bits per heavy atom. The summed E-state index contributed by atoms with van der Waals surface area (Å²) in [6.07, 6.45) is 5.24. The maximum atomic E-state index is 4.48. The van der Waals surface area contributed by atoms with Crippen molar-refractivity contribution in [1.82, 2.24) is 20.1 Å². The van der Waals surface area contributed by atoms with Gasteiger partial charge in [0.2, 0.25) is 0 Å². The fraction of sp³-hybridized carbons (Fsp3) is 0.867. The van der Waals surface area contributed by atoms with Crippen molar-refractivity contribution in [3.05, 3.63) is 5.82 Å². The van der Waals surface area contributed by atoms with Crippen LogP contribution >= 0.6 is 11.8 Å². The molecule has 1 aromatic heterocycles. The molecule has 1 heterocycles. The molecule has 112 valence electrons. The predicted molar refractivity (Wildman–Crippen MR) is 83.3 cm³/mol. The van der Waals surface area contributed by atoms with Gasteiger partial charge in [-0.05, 0) is 38.1 Å². The molecule has 3 rings (SSSR count). The van der Waals surface area contributed by atoms with Crippen molar-refractivity contribution in [2.45, 2.75) is 69.6 Å². The lowest BCUT2D eigenvalue weighted by Crippen LogP contribution is -2.35. The summed E-state index contributed by atoms with van der Waals surface area (Å²) in [6, 6.07) is 1.25. The molecule has 0 amide bonds. The third-order valence-corrected chi connectivity index (χ3v) is 5.27. The van der Waals surface area contributed by atoms with Gasteiger partial charge in [0, 0.05) is 23.8 Å². The van der Waals surface area contributed by atoms with Crippen LogP contribution < -0.4 is 5.32 Å². The van der Waals surface area contributed by atoms with E-state index in [1.807, 2.05) is 11.8 Å². The Bertz CT molecular complexity index is 449. The normalized spacial score (nSPS) is 20.6. The van der Waals surface area contributed by atoms with Gasteiger partial charge in [0.25, 0.3) is 0 Å².